The minimum absolute atomic E-state index is 1.17. The van der Waals surface area contributed by atoms with Crippen LogP contribution in [0, 0.1) is 0 Å². The van der Waals surface area contributed by atoms with E-state index >= 15 is 0 Å². The van der Waals surface area contributed by atoms with Gasteiger partial charge in [-0.2, -0.15) is 0 Å². The molecule has 0 aliphatic heterocycles. The van der Waals surface area contributed by atoms with Crippen molar-refractivity contribution < 1.29 is 0 Å². The standard InChI is InChI=1S/C6H15N.C6H14/c1-4-6-7(3)5-2;1-3-5-6-4-2/h4-6H2,1-3H3;3-6H2,1-2H3. The molecular formula is C12H29N. The average molecular weight is 187 g/mol. The topological polar surface area (TPSA) is 3.24 Å². The van der Waals surface area contributed by atoms with Crippen LogP contribution in [-0.2, 0) is 0 Å². The molecule has 0 aliphatic rings. The highest BCUT2D eigenvalue weighted by Crippen LogP contribution is 1.95. The van der Waals surface area contributed by atoms with Gasteiger partial charge in [0.2, 0.25) is 0 Å². The molecule has 82 valence electrons. The molecule has 0 spiro atoms. The van der Waals surface area contributed by atoms with Gasteiger partial charge in [-0.1, -0.05) is 53.4 Å². The number of unbranched alkanes of at least 4 members (excludes halogenated alkanes) is 3. The molecule has 0 aromatic heterocycles. The molecule has 0 saturated heterocycles. The van der Waals surface area contributed by atoms with Crippen molar-refractivity contribution in [1.29, 1.82) is 0 Å². The highest BCUT2D eigenvalue weighted by molar-refractivity contribution is 4.41. The first-order valence-electron chi connectivity index (χ1n) is 5.91. The van der Waals surface area contributed by atoms with E-state index in [9.17, 15) is 0 Å². The molecule has 0 amide bonds. The maximum atomic E-state index is 2.31. The molecule has 1 nitrogen and oxygen atoms in total. The highest BCUT2D eigenvalue weighted by atomic mass is 15.1. The number of rotatable bonds is 6. The van der Waals surface area contributed by atoms with Crippen LogP contribution >= 0.6 is 0 Å². The molecule has 0 N–H and O–H groups in total. The van der Waals surface area contributed by atoms with Crippen LogP contribution in [0.2, 0.25) is 0 Å². The normalized spacial score (nSPS) is 9.69. The van der Waals surface area contributed by atoms with E-state index in [0.29, 0.717) is 0 Å². The molecule has 0 rings (SSSR count). The predicted molar refractivity (Wildman–Crippen MR) is 63.3 cm³/mol. The van der Waals surface area contributed by atoms with Gasteiger partial charge >= 0.3 is 0 Å². The van der Waals surface area contributed by atoms with Crippen molar-refractivity contribution in [2.45, 2.75) is 59.8 Å². The predicted octanol–water partition coefficient (Wildman–Crippen LogP) is 3.93. The lowest BCUT2D eigenvalue weighted by atomic mass is 10.2. The fraction of sp³-hybridized carbons (Fsp3) is 1.00. The zero-order chi connectivity index (χ0) is 10.5. The Labute approximate surface area is 85.5 Å². The van der Waals surface area contributed by atoms with Crippen LogP contribution < -0.4 is 0 Å². The summed E-state index contributed by atoms with van der Waals surface area (Å²) in [6.07, 6.45) is 6.80. The summed E-state index contributed by atoms with van der Waals surface area (Å²) in [6.45, 7) is 11.2. The Hall–Kier alpha value is -0.0400. The Morgan fingerprint density at radius 1 is 0.769 bits per heavy atom. The molecule has 0 fully saturated rings. The Balaban J connectivity index is 0. The van der Waals surface area contributed by atoms with Crippen molar-refractivity contribution in [3.63, 3.8) is 0 Å². The molecule has 0 atom stereocenters. The van der Waals surface area contributed by atoms with Gasteiger partial charge in [-0.05, 0) is 26.6 Å². The molecule has 0 heterocycles. The van der Waals surface area contributed by atoms with Crippen LogP contribution in [-0.4, -0.2) is 25.0 Å². The van der Waals surface area contributed by atoms with Gasteiger partial charge in [0.1, 0.15) is 0 Å². The first-order chi connectivity index (χ1) is 6.22. The number of hydrogen-bond acceptors (Lipinski definition) is 1. The SMILES string of the molecule is CCCCCC.CCCN(C)CC. The van der Waals surface area contributed by atoms with E-state index < -0.39 is 0 Å². The highest BCUT2D eigenvalue weighted by Gasteiger charge is 1.86. The number of nitrogens with zero attached hydrogens (tertiary/aromatic N) is 1. The monoisotopic (exact) mass is 187 g/mol. The summed E-state index contributed by atoms with van der Waals surface area (Å²) in [4.78, 5) is 2.31. The first kappa shape index (κ1) is 15.4. The summed E-state index contributed by atoms with van der Waals surface area (Å²) in [6, 6.07) is 0. The molecule has 0 aromatic carbocycles. The lowest BCUT2D eigenvalue weighted by Gasteiger charge is -2.10. The lowest BCUT2D eigenvalue weighted by Crippen LogP contribution is -2.17. The van der Waals surface area contributed by atoms with Gasteiger partial charge in [0.15, 0.2) is 0 Å². The first-order valence-corrected chi connectivity index (χ1v) is 5.91. The maximum absolute atomic E-state index is 2.31. The van der Waals surface area contributed by atoms with Crippen LogP contribution in [0.1, 0.15) is 59.8 Å². The lowest BCUT2D eigenvalue weighted by molar-refractivity contribution is 0.353. The summed E-state index contributed by atoms with van der Waals surface area (Å²) < 4.78 is 0. The maximum Gasteiger partial charge on any atom is -0.00245 e. The van der Waals surface area contributed by atoms with Crippen LogP contribution in [0.15, 0.2) is 0 Å². The van der Waals surface area contributed by atoms with Crippen molar-refractivity contribution in [2.24, 2.45) is 0 Å². The van der Waals surface area contributed by atoms with Gasteiger partial charge in [0.25, 0.3) is 0 Å². The van der Waals surface area contributed by atoms with Crippen LogP contribution in [0.25, 0.3) is 0 Å². The molecule has 0 saturated carbocycles. The second-order valence-corrected chi connectivity index (χ2v) is 3.60. The van der Waals surface area contributed by atoms with Crippen LogP contribution in [0.4, 0.5) is 0 Å². The Kier molecular flexibility index (Phi) is 17.2. The molecule has 1 heteroatoms. The molecule has 0 unspecified atom stereocenters. The summed E-state index contributed by atoms with van der Waals surface area (Å²) in [7, 11) is 2.14. The van der Waals surface area contributed by atoms with Crippen molar-refractivity contribution in [1.82, 2.24) is 4.90 Å². The van der Waals surface area contributed by atoms with Gasteiger partial charge in [0.05, 0.1) is 0 Å². The zero-order valence-electron chi connectivity index (χ0n) is 10.4. The van der Waals surface area contributed by atoms with E-state index in [-0.39, 0.29) is 0 Å². The summed E-state index contributed by atoms with van der Waals surface area (Å²) in [5, 5.41) is 0. The van der Waals surface area contributed by atoms with E-state index in [2.05, 4.69) is 39.6 Å². The molecule has 13 heavy (non-hydrogen) atoms. The third-order valence-corrected chi connectivity index (χ3v) is 2.10. The number of hydrogen-bond donors (Lipinski definition) is 0. The molecule has 0 aliphatic carbocycles. The fourth-order valence-corrected chi connectivity index (χ4v) is 1.04. The third-order valence-electron chi connectivity index (χ3n) is 2.10. The Morgan fingerprint density at radius 2 is 1.23 bits per heavy atom. The van der Waals surface area contributed by atoms with Crippen molar-refractivity contribution >= 4 is 0 Å². The molecule has 0 bridgehead atoms. The van der Waals surface area contributed by atoms with Crippen molar-refractivity contribution in [3.05, 3.63) is 0 Å². The van der Waals surface area contributed by atoms with Gasteiger partial charge in [-0.25, -0.2) is 0 Å². The van der Waals surface area contributed by atoms with E-state index in [1.165, 1.54) is 45.2 Å². The van der Waals surface area contributed by atoms with Gasteiger partial charge in [-0.3, -0.25) is 0 Å². The van der Waals surface area contributed by atoms with E-state index in [1.807, 2.05) is 0 Å². The quantitative estimate of drug-likeness (QED) is 0.569. The summed E-state index contributed by atoms with van der Waals surface area (Å²) >= 11 is 0. The minimum Gasteiger partial charge on any atom is -0.307 e. The summed E-state index contributed by atoms with van der Waals surface area (Å²) in [5.74, 6) is 0. The second kappa shape index (κ2) is 14.5. The van der Waals surface area contributed by atoms with Crippen LogP contribution in [0.5, 0.6) is 0 Å². The van der Waals surface area contributed by atoms with Crippen LogP contribution in [0.3, 0.4) is 0 Å². The van der Waals surface area contributed by atoms with Crippen molar-refractivity contribution in [3.8, 4) is 0 Å². The molecule has 0 radical (unpaired) electrons. The average Bonchev–Trinajstić information content (AvgIpc) is 2.16. The van der Waals surface area contributed by atoms with Crippen molar-refractivity contribution in [2.75, 3.05) is 20.1 Å². The van der Waals surface area contributed by atoms with E-state index in [4.69, 9.17) is 0 Å². The van der Waals surface area contributed by atoms with E-state index in [1.54, 1.807) is 0 Å². The van der Waals surface area contributed by atoms with Gasteiger partial charge in [-0.15, -0.1) is 0 Å². The summed E-state index contributed by atoms with van der Waals surface area (Å²) in [5.41, 5.74) is 0. The Morgan fingerprint density at radius 3 is 1.38 bits per heavy atom. The zero-order valence-corrected chi connectivity index (χ0v) is 10.4. The molecule has 0 aromatic rings. The van der Waals surface area contributed by atoms with Gasteiger partial charge < -0.3 is 4.90 Å². The third kappa shape index (κ3) is 18.7. The second-order valence-electron chi connectivity index (χ2n) is 3.60. The fourth-order valence-electron chi connectivity index (χ4n) is 1.04. The Bertz CT molecular complexity index is 67.5. The van der Waals surface area contributed by atoms with E-state index in [0.717, 1.165) is 0 Å². The largest absolute Gasteiger partial charge is 0.307 e. The smallest absolute Gasteiger partial charge is 0.00245 e. The molecular weight excluding hydrogens is 158 g/mol. The minimum atomic E-state index is 1.17. The van der Waals surface area contributed by atoms with Gasteiger partial charge in [0, 0.05) is 0 Å².